The lowest BCUT2D eigenvalue weighted by Crippen LogP contribution is -2.34. The fraction of sp³-hybridized carbons (Fsp3) is 0.714. The summed E-state index contributed by atoms with van der Waals surface area (Å²) < 4.78 is 10.3. The molecule has 0 saturated heterocycles. The zero-order chi connectivity index (χ0) is 8.27. The van der Waals surface area contributed by atoms with Gasteiger partial charge in [-0.15, -0.1) is 0 Å². The van der Waals surface area contributed by atoms with Gasteiger partial charge < -0.3 is 14.4 Å². The minimum absolute atomic E-state index is 0.427. The highest BCUT2D eigenvalue weighted by Crippen LogP contribution is 2.15. The van der Waals surface area contributed by atoms with Crippen molar-refractivity contribution in [3.05, 3.63) is 12.4 Å². The molecular weight excluding hydrogens is 159 g/mol. The van der Waals surface area contributed by atoms with Crippen LogP contribution in [0.3, 0.4) is 0 Å². The first kappa shape index (κ1) is 8.66. The summed E-state index contributed by atoms with van der Waals surface area (Å²) in [6.45, 7) is 0. The van der Waals surface area contributed by atoms with Crippen molar-refractivity contribution < 1.29 is 4.57 Å². The van der Waals surface area contributed by atoms with E-state index in [9.17, 15) is 4.57 Å². The standard InChI is InChI=1S/C7H15N2OP/c1-8-4-5-9(2)7(8)3-6-11-10/h4-5,7H,3,6,11H2,1-2H3. The van der Waals surface area contributed by atoms with Crippen LogP contribution in [0.4, 0.5) is 0 Å². The van der Waals surface area contributed by atoms with Crippen LogP contribution in [0, 0.1) is 0 Å². The van der Waals surface area contributed by atoms with Crippen LogP contribution in [0.5, 0.6) is 0 Å². The Hall–Kier alpha value is -0.430. The average molecular weight is 174 g/mol. The smallest absolute Gasteiger partial charge is 0.100 e. The van der Waals surface area contributed by atoms with Gasteiger partial charge in [0.15, 0.2) is 0 Å². The topological polar surface area (TPSA) is 23.6 Å². The van der Waals surface area contributed by atoms with Gasteiger partial charge in [0.2, 0.25) is 0 Å². The molecule has 0 bridgehead atoms. The van der Waals surface area contributed by atoms with E-state index >= 15 is 0 Å². The maximum Gasteiger partial charge on any atom is 0.100 e. The highest BCUT2D eigenvalue weighted by molar-refractivity contribution is 7.23. The summed E-state index contributed by atoms with van der Waals surface area (Å²) in [6.07, 6.45) is 6.37. The second-order valence-corrected chi connectivity index (χ2v) is 3.76. The van der Waals surface area contributed by atoms with Crippen LogP contribution in [-0.2, 0) is 4.57 Å². The summed E-state index contributed by atoms with van der Waals surface area (Å²) >= 11 is 0. The lowest BCUT2D eigenvalue weighted by molar-refractivity contribution is 0.200. The van der Waals surface area contributed by atoms with Crippen molar-refractivity contribution in [2.75, 3.05) is 20.3 Å². The molecule has 0 aromatic heterocycles. The Labute approximate surface area is 68.9 Å². The Morgan fingerprint density at radius 3 is 2.36 bits per heavy atom. The lowest BCUT2D eigenvalue weighted by Gasteiger charge is -2.26. The van der Waals surface area contributed by atoms with Crippen LogP contribution >= 0.6 is 8.46 Å². The van der Waals surface area contributed by atoms with Gasteiger partial charge in [-0.2, -0.15) is 0 Å². The van der Waals surface area contributed by atoms with Gasteiger partial charge in [0.05, 0.1) is 8.46 Å². The Bertz CT molecular complexity index is 160. The maximum absolute atomic E-state index is 10.3. The van der Waals surface area contributed by atoms with Crippen molar-refractivity contribution in [1.29, 1.82) is 0 Å². The van der Waals surface area contributed by atoms with Gasteiger partial charge in [-0.25, -0.2) is 0 Å². The molecule has 1 rings (SSSR count). The molecule has 64 valence electrons. The summed E-state index contributed by atoms with van der Waals surface area (Å²) in [5.41, 5.74) is 0. The Morgan fingerprint density at radius 2 is 1.91 bits per heavy atom. The zero-order valence-electron chi connectivity index (χ0n) is 7.03. The van der Waals surface area contributed by atoms with Crippen molar-refractivity contribution >= 4 is 8.46 Å². The lowest BCUT2D eigenvalue weighted by atomic mass is 10.3. The molecule has 0 N–H and O–H groups in total. The summed E-state index contributed by atoms with van der Waals surface area (Å²) in [7, 11) is 3.51. The highest BCUT2D eigenvalue weighted by atomic mass is 31.1. The van der Waals surface area contributed by atoms with Gasteiger partial charge in [-0.3, -0.25) is 0 Å². The van der Waals surface area contributed by atoms with Crippen LogP contribution in [0.15, 0.2) is 12.4 Å². The third kappa shape index (κ3) is 2.00. The minimum Gasteiger partial charge on any atom is -0.359 e. The van der Waals surface area contributed by atoms with Crippen LogP contribution in [-0.4, -0.2) is 36.2 Å². The largest absolute Gasteiger partial charge is 0.359 e. The second-order valence-electron chi connectivity index (χ2n) is 2.85. The fourth-order valence-corrected chi connectivity index (χ4v) is 1.75. The molecule has 1 aliphatic rings. The molecule has 0 fully saturated rings. The third-order valence-corrected chi connectivity index (χ3v) is 2.59. The molecular formula is C7H15N2OP. The van der Waals surface area contributed by atoms with E-state index in [0.29, 0.717) is 6.17 Å². The molecule has 1 unspecified atom stereocenters. The first-order chi connectivity index (χ1) is 5.25. The van der Waals surface area contributed by atoms with E-state index in [-0.39, 0.29) is 0 Å². The summed E-state index contributed by atoms with van der Waals surface area (Å²) in [5.74, 6) is 0. The maximum atomic E-state index is 10.3. The van der Waals surface area contributed by atoms with Crippen LogP contribution < -0.4 is 0 Å². The predicted molar refractivity (Wildman–Crippen MR) is 48.3 cm³/mol. The molecule has 1 atom stereocenters. The van der Waals surface area contributed by atoms with Crippen LogP contribution in [0.25, 0.3) is 0 Å². The number of nitrogens with zero attached hydrogens (tertiary/aromatic N) is 2. The molecule has 11 heavy (non-hydrogen) atoms. The number of hydrogen-bond donors (Lipinski definition) is 0. The Kier molecular flexibility index (Phi) is 3.01. The van der Waals surface area contributed by atoms with Gasteiger partial charge in [0.1, 0.15) is 6.17 Å². The van der Waals surface area contributed by atoms with Crippen molar-refractivity contribution in [3.63, 3.8) is 0 Å². The molecule has 1 aliphatic heterocycles. The Morgan fingerprint density at radius 1 is 1.36 bits per heavy atom. The molecule has 0 aliphatic carbocycles. The van der Waals surface area contributed by atoms with E-state index in [1.165, 1.54) is 0 Å². The van der Waals surface area contributed by atoms with E-state index in [1.54, 1.807) is 0 Å². The Balaban J connectivity index is 2.38. The third-order valence-electron chi connectivity index (χ3n) is 2.02. The zero-order valence-corrected chi connectivity index (χ0v) is 8.18. The SMILES string of the molecule is CN1C=CN(C)C1CC[PH2]=O. The summed E-state index contributed by atoms with van der Waals surface area (Å²) in [4.78, 5) is 4.30. The van der Waals surface area contributed by atoms with Crippen LogP contribution in [0.2, 0.25) is 0 Å². The van der Waals surface area contributed by atoms with Crippen molar-refractivity contribution in [2.24, 2.45) is 0 Å². The predicted octanol–water partition coefficient (Wildman–Crippen LogP) is 0.807. The fourth-order valence-electron chi connectivity index (χ4n) is 1.32. The normalized spacial score (nSPS) is 19.5. The van der Waals surface area contributed by atoms with Crippen molar-refractivity contribution in [1.82, 2.24) is 9.80 Å². The van der Waals surface area contributed by atoms with Crippen molar-refractivity contribution in [3.8, 4) is 0 Å². The van der Waals surface area contributed by atoms with E-state index in [1.807, 2.05) is 26.5 Å². The first-order valence-electron chi connectivity index (χ1n) is 3.81. The van der Waals surface area contributed by atoms with E-state index < -0.39 is 8.46 Å². The summed E-state index contributed by atoms with van der Waals surface area (Å²) in [6, 6.07) is 0. The molecule has 4 heteroatoms. The second kappa shape index (κ2) is 3.82. The molecule has 0 radical (unpaired) electrons. The first-order valence-corrected chi connectivity index (χ1v) is 5.10. The van der Waals surface area contributed by atoms with Crippen molar-refractivity contribution in [2.45, 2.75) is 12.6 Å². The van der Waals surface area contributed by atoms with E-state index in [0.717, 1.165) is 12.6 Å². The summed E-state index contributed by atoms with van der Waals surface area (Å²) in [5, 5.41) is 0. The monoisotopic (exact) mass is 174 g/mol. The molecule has 0 saturated carbocycles. The van der Waals surface area contributed by atoms with Gasteiger partial charge in [0, 0.05) is 26.5 Å². The quantitative estimate of drug-likeness (QED) is 0.591. The van der Waals surface area contributed by atoms with E-state index in [2.05, 4.69) is 9.80 Å². The number of rotatable bonds is 3. The molecule has 0 aromatic carbocycles. The van der Waals surface area contributed by atoms with Gasteiger partial charge >= 0.3 is 0 Å². The van der Waals surface area contributed by atoms with Gasteiger partial charge in [0.25, 0.3) is 0 Å². The average Bonchev–Trinajstić information content (AvgIpc) is 2.29. The van der Waals surface area contributed by atoms with Gasteiger partial charge in [-0.1, -0.05) is 0 Å². The van der Waals surface area contributed by atoms with Gasteiger partial charge in [-0.05, 0) is 12.6 Å². The molecule has 0 aromatic rings. The number of hydrogen-bond acceptors (Lipinski definition) is 3. The van der Waals surface area contributed by atoms with Crippen LogP contribution in [0.1, 0.15) is 6.42 Å². The highest BCUT2D eigenvalue weighted by Gasteiger charge is 2.18. The molecule has 1 heterocycles. The molecule has 0 amide bonds. The van der Waals surface area contributed by atoms with E-state index in [4.69, 9.17) is 0 Å². The molecule has 3 nitrogen and oxygen atoms in total. The minimum atomic E-state index is -0.582. The molecule has 0 spiro atoms.